The fraction of sp³-hybridized carbons (Fsp3) is 0.235. The van der Waals surface area contributed by atoms with Gasteiger partial charge in [0.25, 0.3) is 17.4 Å². The summed E-state index contributed by atoms with van der Waals surface area (Å²) in [5, 5.41) is 0.323. The van der Waals surface area contributed by atoms with E-state index in [1.807, 2.05) is 0 Å². The Morgan fingerprint density at radius 1 is 1.20 bits per heavy atom. The molecule has 0 spiro atoms. The molecule has 3 rings (SSSR count). The zero-order chi connectivity index (χ0) is 22.2. The first-order valence-electron chi connectivity index (χ1n) is 8.40. The molecule has 0 atom stereocenters. The maximum atomic E-state index is 12.4. The third kappa shape index (κ3) is 3.83. The lowest BCUT2D eigenvalue weighted by atomic mass is 10.2. The van der Waals surface area contributed by atoms with Gasteiger partial charge in [0.1, 0.15) is 12.3 Å². The maximum Gasteiger partial charge on any atom is 0.332 e. The second-order valence-electron chi connectivity index (χ2n) is 6.19. The van der Waals surface area contributed by atoms with Crippen LogP contribution in [0.5, 0.6) is 5.75 Å². The Morgan fingerprint density at radius 3 is 2.57 bits per heavy atom. The van der Waals surface area contributed by atoms with Crippen LogP contribution < -0.4 is 26.8 Å². The number of ether oxygens (including phenoxy) is 1. The molecule has 0 aliphatic rings. The van der Waals surface area contributed by atoms with Crippen molar-refractivity contribution in [2.75, 3.05) is 7.11 Å². The smallest absolute Gasteiger partial charge is 0.332 e. The van der Waals surface area contributed by atoms with E-state index in [2.05, 4.69) is 31.8 Å². The summed E-state index contributed by atoms with van der Waals surface area (Å²) < 4.78 is 8.74. The highest BCUT2D eigenvalue weighted by atomic mass is 79.9. The lowest BCUT2D eigenvalue weighted by molar-refractivity contribution is -0.122. The molecule has 0 unspecified atom stereocenters. The van der Waals surface area contributed by atoms with E-state index in [9.17, 15) is 19.2 Å². The number of methoxy groups -OCH3 is 1. The molecule has 0 saturated carbocycles. The average Bonchev–Trinajstić information content (AvgIpc) is 3.05. The number of hydrazine groups is 1. The molecule has 13 heteroatoms. The summed E-state index contributed by atoms with van der Waals surface area (Å²) in [6.07, 6.45) is 0. The van der Waals surface area contributed by atoms with Crippen LogP contribution in [0, 0.1) is 0 Å². The second kappa shape index (κ2) is 8.32. The molecule has 158 valence electrons. The molecule has 0 bridgehead atoms. The topological polar surface area (TPSA) is 129 Å². The minimum Gasteiger partial charge on any atom is -0.496 e. The Labute approximate surface area is 182 Å². The molecule has 2 amide bonds. The molecular formula is C17H16BrClN6O5. The molecule has 0 aliphatic heterocycles. The van der Waals surface area contributed by atoms with Crippen LogP contribution in [0.1, 0.15) is 10.4 Å². The molecule has 0 radical (unpaired) electrons. The number of amides is 2. The highest BCUT2D eigenvalue weighted by Gasteiger charge is 2.20. The van der Waals surface area contributed by atoms with E-state index in [0.717, 1.165) is 4.57 Å². The number of nitrogens with one attached hydrogen (secondary N) is 2. The number of benzene rings is 1. The van der Waals surface area contributed by atoms with Gasteiger partial charge in [0.2, 0.25) is 0 Å². The SMILES string of the molecule is COc1ccc(Cl)cc1C(=O)NNC(=O)Cn1c(Br)nc2c(=O)n(C)c(=O)n(C)c21. The van der Waals surface area contributed by atoms with Crippen LogP contribution in [-0.2, 0) is 25.4 Å². The molecular weight excluding hydrogens is 484 g/mol. The Kier molecular flexibility index (Phi) is 5.99. The molecule has 3 aromatic rings. The van der Waals surface area contributed by atoms with Gasteiger partial charge in [-0.25, -0.2) is 9.78 Å². The molecule has 11 nitrogen and oxygen atoms in total. The zero-order valence-corrected chi connectivity index (χ0v) is 18.4. The van der Waals surface area contributed by atoms with Crippen LogP contribution in [0.4, 0.5) is 0 Å². The number of imidazole rings is 1. The molecule has 0 saturated heterocycles. The Morgan fingerprint density at radius 2 is 1.90 bits per heavy atom. The first-order valence-corrected chi connectivity index (χ1v) is 9.57. The van der Waals surface area contributed by atoms with E-state index < -0.39 is 23.1 Å². The Hall–Kier alpha value is -3.12. The van der Waals surface area contributed by atoms with Crippen LogP contribution >= 0.6 is 27.5 Å². The number of fused-ring (bicyclic) bond motifs is 1. The third-order valence-corrected chi connectivity index (χ3v) is 5.16. The van der Waals surface area contributed by atoms with Crippen LogP contribution in [0.25, 0.3) is 11.2 Å². The number of nitrogens with zero attached hydrogens (tertiary/aromatic N) is 4. The largest absolute Gasteiger partial charge is 0.496 e. The lowest BCUT2D eigenvalue weighted by Gasteiger charge is -2.12. The van der Waals surface area contributed by atoms with Crippen LogP contribution in [-0.4, -0.2) is 37.6 Å². The van der Waals surface area contributed by atoms with Gasteiger partial charge >= 0.3 is 5.69 Å². The minimum absolute atomic E-state index is 0.0203. The van der Waals surface area contributed by atoms with Gasteiger partial charge in [0, 0.05) is 19.1 Å². The molecule has 2 N–H and O–H groups in total. The van der Waals surface area contributed by atoms with Crippen molar-refractivity contribution in [3.8, 4) is 5.75 Å². The van der Waals surface area contributed by atoms with Crippen molar-refractivity contribution >= 4 is 50.5 Å². The standard InChI is InChI=1S/C17H16BrClN6O5/c1-23-14-12(15(28)24(2)17(23)29)20-16(18)25(14)7-11(26)21-22-13(27)9-6-8(19)4-5-10(9)30-3/h4-6H,7H2,1-3H3,(H,21,26)(H,22,27). The number of rotatable bonds is 4. The van der Waals surface area contributed by atoms with Gasteiger partial charge in [-0.2, -0.15) is 0 Å². The van der Waals surface area contributed by atoms with Crippen LogP contribution in [0.2, 0.25) is 5.02 Å². The number of halogens is 2. The van der Waals surface area contributed by atoms with Crippen molar-refractivity contribution in [3.63, 3.8) is 0 Å². The zero-order valence-electron chi connectivity index (χ0n) is 16.0. The third-order valence-electron chi connectivity index (χ3n) is 4.32. The summed E-state index contributed by atoms with van der Waals surface area (Å²) in [6.45, 7) is -0.329. The first kappa shape index (κ1) is 21.6. The van der Waals surface area contributed by atoms with Crippen molar-refractivity contribution in [1.29, 1.82) is 0 Å². The monoisotopic (exact) mass is 498 g/mol. The average molecular weight is 500 g/mol. The summed E-state index contributed by atoms with van der Waals surface area (Å²) in [7, 11) is 4.19. The normalized spacial score (nSPS) is 10.8. The molecule has 1 aromatic carbocycles. The van der Waals surface area contributed by atoms with Gasteiger partial charge in [-0.3, -0.25) is 38.9 Å². The van der Waals surface area contributed by atoms with E-state index in [1.54, 1.807) is 6.07 Å². The number of carbonyl (C=O) groups is 2. The summed E-state index contributed by atoms with van der Waals surface area (Å²) in [6, 6.07) is 4.48. The summed E-state index contributed by atoms with van der Waals surface area (Å²) in [5.41, 5.74) is 3.69. The van der Waals surface area contributed by atoms with Gasteiger partial charge < -0.3 is 4.74 Å². The highest BCUT2D eigenvalue weighted by molar-refractivity contribution is 9.10. The van der Waals surface area contributed by atoms with Crippen molar-refractivity contribution in [3.05, 3.63) is 54.4 Å². The van der Waals surface area contributed by atoms with Crippen molar-refractivity contribution < 1.29 is 14.3 Å². The molecule has 2 heterocycles. The number of carbonyl (C=O) groups excluding carboxylic acids is 2. The van der Waals surface area contributed by atoms with E-state index in [-0.39, 0.29) is 33.8 Å². The molecule has 30 heavy (non-hydrogen) atoms. The van der Waals surface area contributed by atoms with Gasteiger partial charge in [0.05, 0.1) is 12.7 Å². The van der Waals surface area contributed by atoms with Crippen molar-refractivity contribution in [1.82, 2.24) is 29.5 Å². The predicted molar refractivity (Wildman–Crippen MR) is 112 cm³/mol. The fourth-order valence-corrected chi connectivity index (χ4v) is 3.48. The quantitative estimate of drug-likeness (QED) is 0.393. The number of hydrogen-bond donors (Lipinski definition) is 2. The lowest BCUT2D eigenvalue weighted by Crippen LogP contribution is -2.43. The molecule has 0 fully saturated rings. The number of aryl methyl sites for hydroxylation is 1. The van der Waals surface area contributed by atoms with Gasteiger partial charge in [0.15, 0.2) is 15.9 Å². The maximum absolute atomic E-state index is 12.4. The van der Waals surface area contributed by atoms with E-state index in [1.165, 1.54) is 42.5 Å². The Balaban J connectivity index is 1.83. The van der Waals surface area contributed by atoms with Gasteiger partial charge in [-0.05, 0) is 34.1 Å². The second-order valence-corrected chi connectivity index (χ2v) is 7.34. The highest BCUT2D eigenvalue weighted by Crippen LogP contribution is 2.22. The summed E-state index contributed by atoms with van der Waals surface area (Å²) in [4.78, 5) is 53.3. The van der Waals surface area contributed by atoms with Gasteiger partial charge in [-0.1, -0.05) is 11.6 Å². The fourth-order valence-electron chi connectivity index (χ4n) is 2.84. The van der Waals surface area contributed by atoms with Gasteiger partial charge in [-0.15, -0.1) is 0 Å². The van der Waals surface area contributed by atoms with Crippen LogP contribution in [0.15, 0.2) is 32.5 Å². The summed E-state index contributed by atoms with van der Waals surface area (Å²) >= 11 is 9.10. The molecule has 0 aliphatic carbocycles. The van der Waals surface area contributed by atoms with Crippen molar-refractivity contribution in [2.24, 2.45) is 14.1 Å². The van der Waals surface area contributed by atoms with E-state index in [4.69, 9.17) is 16.3 Å². The first-order chi connectivity index (χ1) is 14.1. The predicted octanol–water partition coefficient (Wildman–Crippen LogP) is 0.319. The van der Waals surface area contributed by atoms with Crippen LogP contribution in [0.3, 0.4) is 0 Å². The van der Waals surface area contributed by atoms with E-state index in [0.29, 0.717) is 5.02 Å². The van der Waals surface area contributed by atoms with E-state index >= 15 is 0 Å². The number of aromatic nitrogens is 4. The minimum atomic E-state index is -0.640. The van der Waals surface area contributed by atoms with Crippen molar-refractivity contribution in [2.45, 2.75) is 6.54 Å². The summed E-state index contributed by atoms with van der Waals surface area (Å²) in [5.74, 6) is -0.990. The molecule has 2 aromatic heterocycles. The number of hydrogen-bond acceptors (Lipinski definition) is 6. The Bertz CT molecular complexity index is 1290.